The van der Waals surface area contributed by atoms with Gasteiger partial charge in [0.05, 0.1) is 35.6 Å². The fourth-order valence-corrected chi connectivity index (χ4v) is 6.99. The van der Waals surface area contributed by atoms with Gasteiger partial charge in [0.2, 0.25) is 11.8 Å². The first-order chi connectivity index (χ1) is 18.8. The minimum Gasteiger partial charge on any atom is -0.394 e. The van der Waals surface area contributed by atoms with E-state index in [2.05, 4.69) is 10.3 Å². The van der Waals surface area contributed by atoms with Gasteiger partial charge in [0.15, 0.2) is 0 Å². The van der Waals surface area contributed by atoms with Crippen molar-refractivity contribution in [3.05, 3.63) is 48.6 Å². The molecule has 4 aliphatic rings. The number of likely N-dealkylation sites (tertiary alicyclic amines) is 1. The van der Waals surface area contributed by atoms with Crippen molar-refractivity contribution in [3.63, 3.8) is 0 Å². The molecule has 6 rings (SSSR count). The zero-order valence-electron chi connectivity index (χ0n) is 22.4. The van der Waals surface area contributed by atoms with E-state index in [-0.39, 0.29) is 37.5 Å². The minimum absolute atomic E-state index is 0.128. The molecule has 5 heterocycles. The van der Waals surface area contributed by atoms with Gasteiger partial charge in [0.25, 0.3) is 5.91 Å². The van der Waals surface area contributed by atoms with Gasteiger partial charge in [0.1, 0.15) is 23.8 Å². The molecule has 2 aromatic rings. The highest BCUT2D eigenvalue weighted by molar-refractivity contribution is 6.00. The van der Waals surface area contributed by atoms with E-state index >= 15 is 0 Å². The van der Waals surface area contributed by atoms with Crippen molar-refractivity contribution in [2.24, 2.45) is 11.8 Å². The maximum Gasteiger partial charge on any atom is 0.250 e. The molecule has 2 saturated heterocycles. The molecule has 6 atom stereocenters. The third kappa shape index (κ3) is 3.52. The minimum atomic E-state index is -1.35. The topological polar surface area (TPSA) is 121 Å². The SMILES string of the molecule is CC[C@@H](CO)N1C(=O)[C@@H]2[C@H]3C(=O)N(C)CC=C[C@@]3(CC)O[C@@]23C=CCN(Cn2nnc4ccccc42)C(=O)C13. The standard InChI is InChI=1S/C28H34N6O5/c1-4-18(16-35)34-23-26(38)32(17-33-20-11-7-6-10-19(20)29-30-33)15-9-13-28(23)22(25(34)37)21-24(36)31(3)14-8-12-27(21,5-2)39-28/h6-13,18,21-23,35H,4-5,14-17H2,1-3H3/t18-,21-,22-,23?,27+,28-/m0/s1. The number of amides is 3. The molecule has 0 bridgehead atoms. The molecular formula is C28H34N6O5. The number of nitrogens with zero attached hydrogens (tertiary/aromatic N) is 6. The van der Waals surface area contributed by atoms with E-state index in [1.165, 1.54) is 4.90 Å². The van der Waals surface area contributed by atoms with Crippen LogP contribution in [0.3, 0.4) is 0 Å². The average Bonchev–Trinajstić information content (AvgIpc) is 3.49. The van der Waals surface area contributed by atoms with Crippen LogP contribution in [0.1, 0.15) is 26.7 Å². The molecule has 11 nitrogen and oxygen atoms in total. The Bertz CT molecular complexity index is 1380. The third-order valence-electron chi connectivity index (χ3n) is 8.96. The second kappa shape index (κ2) is 9.27. The fraction of sp³-hybridized carbons (Fsp3) is 0.536. The van der Waals surface area contributed by atoms with Crippen molar-refractivity contribution >= 4 is 28.8 Å². The number of likely N-dealkylation sites (N-methyl/N-ethyl adjacent to an activating group) is 1. The molecule has 4 aliphatic heterocycles. The maximum atomic E-state index is 14.5. The number of carbonyl (C=O) groups excluding carboxylic acids is 3. The van der Waals surface area contributed by atoms with Crippen LogP contribution < -0.4 is 0 Å². The summed E-state index contributed by atoms with van der Waals surface area (Å²) in [4.78, 5) is 47.4. The Morgan fingerprint density at radius 3 is 2.56 bits per heavy atom. The number of hydrogen-bond donors (Lipinski definition) is 1. The monoisotopic (exact) mass is 534 g/mol. The molecule has 0 saturated carbocycles. The van der Waals surface area contributed by atoms with Gasteiger partial charge in [-0.2, -0.15) is 0 Å². The predicted octanol–water partition coefficient (Wildman–Crippen LogP) is 0.947. The Balaban J connectivity index is 1.47. The Hall–Kier alpha value is -3.57. The fourth-order valence-electron chi connectivity index (χ4n) is 6.99. The van der Waals surface area contributed by atoms with Gasteiger partial charge in [0, 0.05) is 20.1 Å². The van der Waals surface area contributed by atoms with Gasteiger partial charge in [-0.05, 0) is 25.0 Å². The molecule has 0 aliphatic carbocycles. The van der Waals surface area contributed by atoms with E-state index in [4.69, 9.17) is 4.74 Å². The number of carbonyl (C=O) groups is 3. The summed E-state index contributed by atoms with van der Waals surface area (Å²) in [7, 11) is 1.72. The highest BCUT2D eigenvalue weighted by Gasteiger charge is 2.75. The van der Waals surface area contributed by atoms with E-state index in [1.54, 1.807) is 21.5 Å². The number of fused-ring (bicyclic) bond motifs is 3. The maximum absolute atomic E-state index is 14.5. The van der Waals surface area contributed by atoms with Crippen molar-refractivity contribution in [2.45, 2.75) is 56.6 Å². The zero-order valence-corrected chi connectivity index (χ0v) is 22.4. The quantitative estimate of drug-likeness (QED) is 0.548. The molecule has 1 N–H and O–H groups in total. The number of ether oxygens (including phenoxy) is 1. The molecular weight excluding hydrogens is 500 g/mol. The molecule has 2 fully saturated rings. The summed E-state index contributed by atoms with van der Waals surface area (Å²) < 4.78 is 8.57. The second-order valence-corrected chi connectivity index (χ2v) is 10.9. The number of benzene rings is 1. The van der Waals surface area contributed by atoms with Gasteiger partial charge < -0.3 is 24.5 Å². The lowest BCUT2D eigenvalue weighted by Crippen LogP contribution is -2.59. The van der Waals surface area contributed by atoms with Crippen molar-refractivity contribution in [1.29, 1.82) is 0 Å². The second-order valence-electron chi connectivity index (χ2n) is 10.9. The lowest BCUT2D eigenvalue weighted by Gasteiger charge is -2.40. The molecule has 11 heteroatoms. The van der Waals surface area contributed by atoms with Crippen LogP contribution in [0.5, 0.6) is 0 Å². The van der Waals surface area contributed by atoms with Gasteiger partial charge in [-0.25, -0.2) is 4.68 Å². The van der Waals surface area contributed by atoms with Crippen LogP contribution in [0.4, 0.5) is 0 Å². The summed E-state index contributed by atoms with van der Waals surface area (Å²) in [6, 6.07) is 5.88. The van der Waals surface area contributed by atoms with Crippen molar-refractivity contribution in [1.82, 2.24) is 29.7 Å². The van der Waals surface area contributed by atoms with E-state index < -0.39 is 35.1 Å². The summed E-state index contributed by atoms with van der Waals surface area (Å²) >= 11 is 0. The van der Waals surface area contributed by atoms with Crippen molar-refractivity contribution in [3.8, 4) is 0 Å². The number of hydrogen-bond acceptors (Lipinski definition) is 7. The van der Waals surface area contributed by atoms with Crippen molar-refractivity contribution in [2.75, 3.05) is 26.7 Å². The normalized spacial score (nSPS) is 32.9. The molecule has 1 unspecified atom stereocenters. The zero-order chi connectivity index (χ0) is 27.5. The summed E-state index contributed by atoms with van der Waals surface area (Å²) in [5.41, 5.74) is -0.866. The van der Waals surface area contributed by atoms with Crippen LogP contribution in [-0.2, 0) is 25.8 Å². The summed E-state index contributed by atoms with van der Waals surface area (Å²) in [5.74, 6) is -2.50. The average molecular weight is 535 g/mol. The summed E-state index contributed by atoms with van der Waals surface area (Å²) in [6.07, 6.45) is 8.42. The highest BCUT2D eigenvalue weighted by atomic mass is 16.5. The summed E-state index contributed by atoms with van der Waals surface area (Å²) in [5, 5.41) is 18.8. The first-order valence-electron chi connectivity index (χ1n) is 13.6. The van der Waals surface area contributed by atoms with E-state index in [1.807, 2.05) is 62.4 Å². The number of aromatic nitrogens is 3. The number of aliphatic hydroxyl groups excluding tert-OH is 1. The molecule has 0 radical (unpaired) electrons. The molecule has 1 aromatic carbocycles. The summed E-state index contributed by atoms with van der Waals surface area (Å²) in [6.45, 7) is 4.33. The first kappa shape index (κ1) is 25.7. The van der Waals surface area contributed by atoms with E-state index in [0.717, 1.165) is 11.0 Å². The molecule has 3 amide bonds. The van der Waals surface area contributed by atoms with Crippen LogP contribution in [0, 0.1) is 11.8 Å². The Kier molecular flexibility index (Phi) is 6.11. The van der Waals surface area contributed by atoms with Gasteiger partial charge in [-0.1, -0.05) is 55.5 Å². The number of rotatable bonds is 6. The van der Waals surface area contributed by atoms with E-state index in [0.29, 0.717) is 19.4 Å². The van der Waals surface area contributed by atoms with Gasteiger partial charge in [-0.3, -0.25) is 14.4 Å². The van der Waals surface area contributed by atoms with Crippen LogP contribution >= 0.6 is 0 Å². The largest absolute Gasteiger partial charge is 0.394 e. The smallest absolute Gasteiger partial charge is 0.250 e. The van der Waals surface area contributed by atoms with Crippen molar-refractivity contribution < 1.29 is 24.2 Å². The van der Waals surface area contributed by atoms with Crippen LogP contribution in [0.25, 0.3) is 11.0 Å². The van der Waals surface area contributed by atoms with Crippen LogP contribution in [0.15, 0.2) is 48.6 Å². The highest BCUT2D eigenvalue weighted by Crippen LogP contribution is 2.58. The molecule has 39 heavy (non-hydrogen) atoms. The predicted molar refractivity (Wildman–Crippen MR) is 141 cm³/mol. The third-order valence-corrected chi connectivity index (χ3v) is 8.96. The number of para-hydroxylation sites is 1. The molecule has 1 spiro atoms. The van der Waals surface area contributed by atoms with Gasteiger partial charge >= 0.3 is 0 Å². The lowest BCUT2D eigenvalue weighted by molar-refractivity contribution is -0.158. The van der Waals surface area contributed by atoms with Crippen LogP contribution in [0.2, 0.25) is 0 Å². The Morgan fingerprint density at radius 2 is 1.82 bits per heavy atom. The number of aliphatic hydroxyl groups is 1. The Labute approximate surface area is 226 Å². The van der Waals surface area contributed by atoms with Crippen LogP contribution in [-0.4, -0.2) is 103 Å². The van der Waals surface area contributed by atoms with E-state index in [9.17, 15) is 19.5 Å². The molecule has 206 valence electrons. The lowest BCUT2D eigenvalue weighted by atomic mass is 9.73. The first-order valence-corrected chi connectivity index (χ1v) is 13.6. The molecule has 1 aromatic heterocycles. The Morgan fingerprint density at radius 1 is 1.05 bits per heavy atom. The van der Waals surface area contributed by atoms with Gasteiger partial charge in [-0.15, -0.1) is 5.10 Å².